The molecule has 1 aliphatic rings. The molecule has 0 fully saturated rings. The van der Waals surface area contributed by atoms with Crippen LogP contribution in [0.3, 0.4) is 0 Å². The van der Waals surface area contributed by atoms with Gasteiger partial charge in [-0.1, -0.05) is 20.8 Å². The van der Waals surface area contributed by atoms with Gasteiger partial charge in [0, 0.05) is 18.3 Å². The first kappa shape index (κ1) is 8.76. The highest BCUT2D eigenvalue weighted by Gasteiger charge is 2.20. The van der Waals surface area contributed by atoms with E-state index in [2.05, 4.69) is 31.6 Å². The van der Waals surface area contributed by atoms with E-state index in [1.807, 2.05) is 0 Å². The summed E-state index contributed by atoms with van der Waals surface area (Å²) >= 11 is 0. The first-order valence-electron chi connectivity index (χ1n) is 4.81. The van der Waals surface area contributed by atoms with Crippen LogP contribution in [0.5, 0.6) is 0 Å². The van der Waals surface area contributed by atoms with Crippen molar-refractivity contribution in [3.63, 3.8) is 0 Å². The Hall–Kier alpha value is -0.330. The molecule has 0 spiro atoms. The second-order valence-corrected chi connectivity index (χ2v) is 3.96. The smallest absolute Gasteiger partial charge is 0.145 e. The summed E-state index contributed by atoms with van der Waals surface area (Å²) in [6.45, 7) is 9.44. The third kappa shape index (κ3) is 2.64. The van der Waals surface area contributed by atoms with Gasteiger partial charge in [0.25, 0.3) is 0 Å². The molecule has 1 rings (SSSR count). The van der Waals surface area contributed by atoms with Gasteiger partial charge >= 0.3 is 0 Å². The van der Waals surface area contributed by atoms with E-state index in [4.69, 9.17) is 0 Å². The van der Waals surface area contributed by atoms with E-state index in [0.29, 0.717) is 0 Å². The largest absolute Gasteiger partial charge is 0.239 e. The number of hydrogen-bond donors (Lipinski definition) is 0. The quantitative estimate of drug-likeness (QED) is 0.536. The van der Waals surface area contributed by atoms with Crippen molar-refractivity contribution >= 4 is 6.21 Å². The lowest BCUT2D eigenvalue weighted by Crippen LogP contribution is -2.29. The molecule has 0 bridgehead atoms. The molecule has 0 N–H and O–H groups in total. The molecule has 0 aromatic rings. The Morgan fingerprint density at radius 3 is 2.73 bits per heavy atom. The van der Waals surface area contributed by atoms with E-state index in [9.17, 15) is 0 Å². The SMILES string of the molecule is CCC[N+]1=C[C@@H](C)C[C@@H](C)C1. The van der Waals surface area contributed by atoms with Crippen molar-refractivity contribution in [3.05, 3.63) is 0 Å². The van der Waals surface area contributed by atoms with Crippen LogP contribution in [-0.2, 0) is 0 Å². The number of nitrogens with zero attached hydrogens (tertiary/aromatic N) is 1. The van der Waals surface area contributed by atoms with Crippen molar-refractivity contribution in [2.75, 3.05) is 13.1 Å². The maximum Gasteiger partial charge on any atom is 0.145 e. The van der Waals surface area contributed by atoms with Gasteiger partial charge in [0.05, 0.1) is 0 Å². The normalized spacial score (nSPS) is 31.7. The molecule has 1 heteroatoms. The van der Waals surface area contributed by atoms with Crippen LogP contribution < -0.4 is 0 Å². The molecule has 0 amide bonds. The van der Waals surface area contributed by atoms with Crippen LogP contribution in [0.4, 0.5) is 0 Å². The molecule has 1 nitrogen and oxygen atoms in total. The maximum atomic E-state index is 2.48. The Bertz CT molecular complexity index is 149. The summed E-state index contributed by atoms with van der Waals surface area (Å²) in [7, 11) is 0. The minimum atomic E-state index is 0.797. The highest BCUT2D eigenvalue weighted by atomic mass is 15.0. The molecule has 1 aliphatic heterocycles. The Morgan fingerprint density at radius 1 is 1.45 bits per heavy atom. The van der Waals surface area contributed by atoms with Gasteiger partial charge in [0.1, 0.15) is 19.3 Å². The lowest BCUT2D eigenvalue weighted by Gasteiger charge is -2.18. The van der Waals surface area contributed by atoms with E-state index in [-0.39, 0.29) is 0 Å². The first-order chi connectivity index (χ1) is 5.22. The van der Waals surface area contributed by atoms with Crippen LogP contribution in [0.1, 0.15) is 33.6 Å². The monoisotopic (exact) mass is 154 g/mol. The Balaban J connectivity index is 2.49. The summed E-state index contributed by atoms with van der Waals surface area (Å²) in [5.74, 6) is 1.69. The fraction of sp³-hybridized carbons (Fsp3) is 0.900. The standard InChI is InChI=1S/C10H20N/c1-4-5-11-7-9(2)6-10(3)8-11/h7,9-10H,4-6,8H2,1-3H3/q+1/t9-,10+/m0/s1. The van der Waals surface area contributed by atoms with Crippen LogP contribution in [-0.4, -0.2) is 23.9 Å². The third-order valence-corrected chi connectivity index (χ3v) is 2.30. The zero-order valence-corrected chi connectivity index (χ0v) is 8.01. The zero-order valence-electron chi connectivity index (χ0n) is 8.01. The predicted octanol–water partition coefficient (Wildman–Crippen LogP) is 2.16. The van der Waals surface area contributed by atoms with Crippen molar-refractivity contribution in [2.24, 2.45) is 11.8 Å². The lowest BCUT2D eigenvalue weighted by molar-refractivity contribution is -0.537. The average Bonchev–Trinajstić information content (AvgIpc) is 1.85. The van der Waals surface area contributed by atoms with E-state index in [1.165, 1.54) is 25.9 Å². The second kappa shape index (κ2) is 3.89. The highest BCUT2D eigenvalue weighted by molar-refractivity contribution is 5.55. The van der Waals surface area contributed by atoms with Crippen LogP contribution in [0.15, 0.2) is 0 Å². The first-order valence-corrected chi connectivity index (χ1v) is 4.81. The predicted molar refractivity (Wildman–Crippen MR) is 49.3 cm³/mol. The molecule has 0 radical (unpaired) electrons. The van der Waals surface area contributed by atoms with Gasteiger partial charge in [0.2, 0.25) is 0 Å². The van der Waals surface area contributed by atoms with Gasteiger partial charge in [0.15, 0.2) is 0 Å². The molecular weight excluding hydrogens is 134 g/mol. The van der Waals surface area contributed by atoms with E-state index in [0.717, 1.165) is 11.8 Å². The topological polar surface area (TPSA) is 3.01 Å². The van der Waals surface area contributed by atoms with E-state index < -0.39 is 0 Å². The summed E-state index contributed by atoms with van der Waals surface area (Å²) in [4.78, 5) is 0. The molecule has 1 heterocycles. The van der Waals surface area contributed by atoms with Crippen molar-refractivity contribution < 1.29 is 4.58 Å². The molecule has 2 atom stereocenters. The van der Waals surface area contributed by atoms with E-state index >= 15 is 0 Å². The minimum Gasteiger partial charge on any atom is -0.239 e. The minimum absolute atomic E-state index is 0.797. The zero-order chi connectivity index (χ0) is 8.27. The fourth-order valence-electron chi connectivity index (χ4n) is 2.04. The molecule has 64 valence electrons. The molecule has 0 saturated carbocycles. The van der Waals surface area contributed by atoms with Crippen LogP contribution >= 0.6 is 0 Å². The van der Waals surface area contributed by atoms with Crippen LogP contribution in [0, 0.1) is 11.8 Å². The lowest BCUT2D eigenvalue weighted by atomic mass is 9.95. The van der Waals surface area contributed by atoms with Crippen LogP contribution in [0.25, 0.3) is 0 Å². The average molecular weight is 154 g/mol. The van der Waals surface area contributed by atoms with Gasteiger partial charge in [-0.05, 0) is 6.42 Å². The molecule has 0 aromatic carbocycles. The summed E-state index contributed by atoms with van der Waals surface area (Å²) in [6.07, 6.45) is 5.06. The molecule has 0 saturated heterocycles. The molecule has 11 heavy (non-hydrogen) atoms. The molecule has 0 aliphatic carbocycles. The van der Waals surface area contributed by atoms with Crippen molar-refractivity contribution in [2.45, 2.75) is 33.6 Å². The molecular formula is C10H20N+. The Labute approximate surface area is 70.1 Å². The Kier molecular flexibility index (Phi) is 3.10. The second-order valence-electron chi connectivity index (χ2n) is 3.96. The highest BCUT2D eigenvalue weighted by Crippen LogP contribution is 2.14. The van der Waals surface area contributed by atoms with Crippen molar-refractivity contribution in [3.8, 4) is 0 Å². The third-order valence-electron chi connectivity index (χ3n) is 2.30. The summed E-state index contributed by atoms with van der Waals surface area (Å²) in [6, 6.07) is 0. The molecule has 0 unspecified atom stereocenters. The van der Waals surface area contributed by atoms with Gasteiger partial charge in [-0.3, -0.25) is 0 Å². The van der Waals surface area contributed by atoms with Crippen LogP contribution in [0.2, 0.25) is 0 Å². The van der Waals surface area contributed by atoms with Crippen molar-refractivity contribution in [1.29, 1.82) is 0 Å². The summed E-state index contributed by atoms with van der Waals surface area (Å²) in [5.41, 5.74) is 0. The summed E-state index contributed by atoms with van der Waals surface area (Å²) < 4.78 is 2.48. The maximum absolute atomic E-state index is 2.48. The van der Waals surface area contributed by atoms with Gasteiger partial charge in [-0.15, -0.1) is 0 Å². The van der Waals surface area contributed by atoms with Gasteiger partial charge < -0.3 is 0 Å². The number of hydrogen-bond acceptors (Lipinski definition) is 0. The number of rotatable bonds is 2. The van der Waals surface area contributed by atoms with E-state index in [1.54, 1.807) is 0 Å². The fourth-order valence-corrected chi connectivity index (χ4v) is 2.04. The van der Waals surface area contributed by atoms with Gasteiger partial charge in [-0.2, -0.15) is 0 Å². The summed E-state index contributed by atoms with van der Waals surface area (Å²) in [5, 5.41) is 0. The Morgan fingerprint density at radius 2 is 2.18 bits per heavy atom. The molecule has 0 aromatic heterocycles. The van der Waals surface area contributed by atoms with Crippen molar-refractivity contribution in [1.82, 2.24) is 0 Å². The van der Waals surface area contributed by atoms with Gasteiger partial charge in [-0.25, -0.2) is 4.58 Å².